The molecular formula is C13H20N2O. The van der Waals surface area contributed by atoms with E-state index in [1.54, 1.807) is 13.3 Å². The molecule has 88 valence electrons. The lowest BCUT2D eigenvalue weighted by Gasteiger charge is -2.14. The summed E-state index contributed by atoms with van der Waals surface area (Å²) >= 11 is 0. The Morgan fingerprint density at radius 3 is 2.94 bits per heavy atom. The number of hydrogen-bond donors (Lipinski definition) is 1. The largest absolute Gasteiger partial charge is 0.481 e. The van der Waals surface area contributed by atoms with Gasteiger partial charge in [0.1, 0.15) is 0 Å². The van der Waals surface area contributed by atoms with Crippen molar-refractivity contribution in [2.45, 2.75) is 32.7 Å². The first kappa shape index (κ1) is 11.4. The van der Waals surface area contributed by atoms with Crippen LogP contribution in [0, 0.1) is 5.41 Å². The maximum absolute atomic E-state index is 5.22. The van der Waals surface area contributed by atoms with E-state index >= 15 is 0 Å². The normalized spacial score (nSPS) is 17.1. The molecule has 0 radical (unpaired) electrons. The van der Waals surface area contributed by atoms with E-state index in [0.29, 0.717) is 5.41 Å². The van der Waals surface area contributed by atoms with Crippen LogP contribution < -0.4 is 10.1 Å². The van der Waals surface area contributed by atoms with E-state index in [-0.39, 0.29) is 0 Å². The third-order valence-electron chi connectivity index (χ3n) is 3.57. The van der Waals surface area contributed by atoms with Gasteiger partial charge in [0.2, 0.25) is 5.88 Å². The molecule has 2 rings (SSSR count). The third-order valence-corrected chi connectivity index (χ3v) is 3.57. The molecule has 1 saturated carbocycles. The van der Waals surface area contributed by atoms with Gasteiger partial charge in [-0.05, 0) is 30.7 Å². The fraction of sp³-hybridized carbons (Fsp3) is 0.615. The van der Waals surface area contributed by atoms with Crippen LogP contribution >= 0.6 is 0 Å². The fourth-order valence-electron chi connectivity index (χ4n) is 2.04. The van der Waals surface area contributed by atoms with Crippen molar-refractivity contribution >= 4 is 0 Å². The van der Waals surface area contributed by atoms with Gasteiger partial charge >= 0.3 is 0 Å². The molecule has 0 amide bonds. The van der Waals surface area contributed by atoms with Gasteiger partial charge in [-0.1, -0.05) is 13.0 Å². The molecule has 0 unspecified atom stereocenters. The van der Waals surface area contributed by atoms with Crippen LogP contribution in [0.2, 0.25) is 0 Å². The van der Waals surface area contributed by atoms with Gasteiger partial charge in [0.25, 0.3) is 0 Å². The van der Waals surface area contributed by atoms with Crippen LogP contribution in [0.15, 0.2) is 18.3 Å². The summed E-state index contributed by atoms with van der Waals surface area (Å²) in [7, 11) is 1.67. The van der Waals surface area contributed by atoms with E-state index in [0.717, 1.165) is 24.5 Å². The number of nitrogens with zero attached hydrogens (tertiary/aromatic N) is 1. The summed E-state index contributed by atoms with van der Waals surface area (Å²) < 4.78 is 5.22. The van der Waals surface area contributed by atoms with Gasteiger partial charge in [-0.15, -0.1) is 0 Å². The molecule has 0 aliphatic heterocycles. The van der Waals surface area contributed by atoms with Gasteiger partial charge in [0.05, 0.1) is 7.11 Å². The quantitative estimate of drug-likeness (QED) is 0.799. The van der Waals surface area contributed by atoms with Crippen molar-refractivity contribution in [3.8, 4) is 5.88 Å². The molecule has 1 aromatic rings. The Labute approximate surface area is 97.2 Å². The smallest absolute Gasteiger partial charge is 0.217 e. The minimum Gasteiger partial charge on any atom is -0.481 e. The van der Waals surface area contributed by atoms with E-state index in [9.17, 15) is 0 Å². The predicted molar refractivity (Wildman–Crippen MR) is 64.5 cm³/mol. The number of aromatic nitrogens is 1. The summed E-state index contributed by atoms with van der Waals surface area (Å²) in [5, 5.41) is 3.51. The Kier molecular flexibility index (Phi) is 3.44. The Hall–Kier alpha value is -1.09. The summed E-state index contributed by atoms with van der Waals surface area (Å²) in [6.45, 7) is 4.24. The number of hydrogen-bond acceptors (Lipinski definition) is 3. The molecule has 1 aliphatic rings. The lowest BCUT2D eigenvalue weighted by Crippen LogP contribution is -2.23. The lowest BCUT2D eigenvalue weighted by molar-refractivity contribution is 0.386. The monoisotopic (exact) mass is 220 g/mol. The van der Waals surface area contributed by atoms with Crippen LogP contribution in [0.25, 0.3) is 0 Å². The van der Waals surface area contributed by atoms with Crippen LogP contribution in [-0.2, 0) is 6.54 Å². The number of ether oxygens (including phenoxy) is 1. The van der Waals surface area contributed by atoms with Gasteiger partial charge < -0.3 is 10.1 Å². The average molecular weight is 220 g/mol. The van der Waals surface area contributed by atoms with Gasteiger partial charge in [-0.2, -0.15) is 0 Å². The van der Waals surface area contributed by atoms with E-state index in [1.807, 2.05) is 6.07 Å². The highest BCUT2D eigenvalue weighted by molar-refractivity contribution is 5.25. The average Bonchev–Trinajstić information content (AvgIpc) is 3.10. The fourth-order valence-corrected chi connectivity index (χ4v) is 2.04. The zero-order chi connectivity index (χ0) is 11.4. The van der Waals surface area contributed by atoms with Crippen molar-refractivity contribution in [2.24, 2.45) is 5.41 Å². The van der Waals surface area contributed by atoms with Crippen molar-refractivity contribution in [3.05, 3.63) is 23.9 Å². The highest BCUT2D eigenvalue weighted by atomic mass is 16.5. The topological polar surface area (TPSA) is 34.2 Å². The Bertz CT molecular complexity index is 348. The van der Waals surface area contributed by atoms with Crippen molar-refractivity contribution in [3.63, 3.8) is 0 Å². The van der Waals surface area contributed by atoms with E-state index in [1.165, 1.54) is 19.3 Å². The van der Waals surface area contributed by atoms with Crippen LogP contribution in [0.1, 0.15) is 31.7 Å². The highest BCUT2D eigenvalue weighted by Crippen LogP contribution is 2.47. The van der Waals surface area contributed by atoms with Gasteiger partial charge in [0.15, 0.2) is 0 Å². The first-order valence-electron chi connectivity index (χ1n) is 5.98. The first-order chi connectivity index (χ1) is 7.79. The Balaban J connectivity index is 1.85. The zero-order valence-electron chi connectivity index (χ0n) is 10.1. The molecular weight excluding hydrogens is 200 g/mol. The molecule has 3 heteroatoms. The second-order valence-corrected chi connectivity index (χ2v) is 4.63. The predicted octanol–water partition coefficient (Wildman–Crippen LogP) is 2.37. The maximum Gasteiger partial charge on any atom is 0.217 e. The molecule has 0 aromatic carbocycles. The van der Waals surface area contributed by atoms with Gasteiger partial charge in [0, 0.05) is 24.8 Å². The van der Waals surface area contributed by atoms with E-state index in [2.05, 4.69) is 23.3 Å². The molecule has 1 fully saturated rings. The van der Waals surface area contributed by atoms with Crippen molar-refractivity contribution in [1.29, 1.82) is 0 Å². The molecule has 16 heavy (non-hydrogen) atoms. The van der Waals surface area contributed by atoms with Gasteiger partial charge in [-0.3, -0.25) is 0 Å². The van der Waals surface area contributed by atoms with Crippen LogP contribution in [0.4, 0.5) is 0 Å². The number of pyridine rings is 1. The molecule has 1 heterocycles. The first-order valence-corrected chi connectivity index (χ1v) is 5.98. The zero-order valence-corrected chi connectivity index (χ0v) is 10.1. The molecule has 0 bridgehead atoms. The molecule has 1 aromatic heterocycles. The third kappa shape index (κ3) is 2.53. The minimum atomic E-state index is 0.593. The lowest BCUT2D eigenvalue weighted by atomic mass is 10.0. The molecule has 0 spiro atoms. The molecule has 1 N–H and O–H groups in total. The summed E-state index contributed by atoms with van der Waals surface area (Å²) in [5.41, 5.74) is 1.73. The van der Waals surface area contributed by atoms with E-state index in [4.69, 9.17) is 4.74 Å². The van der Waals surface area contributed by atoms with Crippen LogP contribution in [0.5, 0.6) is 5.88 Å². The Morgan fingerprint density at radius 2 is 2.31 bits per heavy atom. The highest BCUT2D eigenvalue weighted by Gasteiger charge is 2.39. The SMILES string of the molecule is CCC1(CNCc2cccnc2OC)CC1. The molecule has 0 saturated heterocycles. The number of methoxy groups -OCH3 is 1. The molecule has 0 atom stereocenters. The standard InChI is InChI=1S/C13H20N2O/c1-3-13(6-7-13)10-14-9-11-5-4-8-15-12(11)16-2/h4-5,8,14H,3,6-7,9-10H2,1-2H3. The number of rotatable bonds is 6. The summed E-state index contributed by atoms with van der Waals surface area (Å²) in [5.74, 6) is 0.733. The van der Waals surface area contributed by atoms with Gasteiger partial charge in [-0.25, -0.2) is 4.98 Å². The minimum absolute atomic E-state index is 0.593. The molecule has 1 aliphatic carbocycles. The van der Waals surface area contributed by atoms with Crippen molar-refractivity contribution < 1.29 is 4.74 Å². The maximum atomic E-state index is 5.22. The van der Waals surface area contributed by atoms with E-state index < -0.39 is 0 Å². The summed E-state index contributed by atoms with van der Waals surface area (Å²) in [6.07, 6.45) is 5.79. The van der Waals surface area contributed by atoms with Crippen LogP contribution in [-0.4, -0.2) is 18.6 Å². The van der Waals surface area contributed by atoms with Crippen molar-refractivity contribution in [2.75, 3.05) is 13.7 Å². The second kappa shape index (κ2) is 4.83. The molecule has 3 nitrogen and oxygen atoms in total. The second-order valence-electron chi connectivity index (χ2n) is 4.63. The summed E-state index contributed by atoms with van der Waals surface area (Å²) in [6, 6.07) is 4.01. The van der Waals surface area contributed by atoms with Crippen molar-refractivity contribution in [1.82, 2.24) is 10.3 Å². The summed E-state index contributed by atoms with van der Waals surface area (Å²) in [4.78, 5) is 4.19. The Morgan fingerprint density at radius 1 is 1.50 bits per heavy atom. The van der Waals surface area contributed by atoms with Crippen LogP contribution in [0.3, 0.4) is 0 Å². The number of nitrogens with one attached hydrogen (secondary N) is 1.